The fourth-order valence-corrected chi connectivity index (χ4v) is 2.30. The Kier molecular flexibility index (Phi) is 10.5. The normalized spacial score (nSPS) is 15.6. The average Bonchev–Trinajstić information content (AvgIpc) is 2.55. The van der Waals surface area contributed by atoms with Crippen LogP contribution < -0.4 is 22.1 Å². The zero-order valence-electron chi connectivity index (χ0n) is 16.0. The number of carbonyl (C=O) groups excluding carboxylic acids is 3. The molecule has 0 rings (SSSR count). The topological polar surface area (TPSA) is 165 Å². The molecular formula is C17H32N4O5. The smallest absolute Gasteiger partial charge is 0.326 e. The highest BCUT2D eigenvalue weighted by molar-refractivity contribution is 5.92. The molecule has 4 atom stereocenters. The molecule has 7 N–H and O–H groups in total. The molecule has 0 aromatic carbocycles. The summed E-state index contributed by atoms with van der Waals surface area (Å²) in [6.07, 6.45) is 0.749. The summed E-state index contributed by atoms with van der Waals surface area (Å²) in [6, 6.07) is -2.93. The average molecular weight is 372 g/mol. The van der Waals surface area contributed by atoms with Crippen LogP contribution >= 0.6 is 0 Å². The lowest BCUT2D eigenvalue weighted by Crippen LogP contribution is -2.55. The Labute approximate surface area is 154 Å². The van der Waals surface area contributed by atoms with Crippen molar-refractivity contribution in [3.05, 3.63) is 0 Å². The van der Waals surface area contributed by atoms with Crippen molar-refractivity contribution in [3.63, 3.8) is 0 Å². The van der Waals surface area contributed by atoms with Gasteiger partial charge in [0.15, 0.2) is 0 Å². The Morgan fingerprint density at radius 1 is 1.00 bits per heavy atom. The number of nitrogens with two attached hydrogens (primary N) is 2. The molecule has 0 saturated heterocycles. The predicted octanol–water partition coefficient (Wildman–Crippen LogP) is -0.274. The van der Waals surface area contributed by atoms with Crippen LogP contribution in [-0.2, 0) is 19.2 Å². The predicted molar refractivity (Wildman–Crippen MR) is 96.8 cm³/mol. The van der Waals surface area contributed by atoms with Crippen LogP contribution in [0.2, 0.25) is 0 Å². The number of carbonyl (C=O) groups is 4. The molecule has 0 aliphatic heterocycles. The molecule has 0 saturated carbocycles. The van der Waals surface area contributed by atoms with Crippen molar-refractivity contribution in [2.75, 3.05) is 0 Å². The lowest BCUT2D eigenvalue weighted by atomic mass is 9.97. The highest BCUT2D eigenvalue weighted by Crippen LogP contribution is 2.09. The molecule has 0 bridgehead atoms. The number of carboxylic acid groups (broad SMARTS) is 1. The SMILES string of the molecule is CCC(C)C(N)C(=O)NC(CC(C)C)C(=O)NC(CCC(N)=O)C(=O)O. The molecule has 0 fully saturated rings. The Morgan fingerprint density at radius 2 is 1.54 bits per heavy atom. The Hall–Kier alpha value is -2.16. The minimum Gasteiger partial charge on any atom is -0.480 e. The molecule has 150 valence electrons. The number of nitrogens with one attached hydrogen (secondary N) is 2. The van der Waals surface area contributed by atoms with Crippen LogP contribution in [0.3, 0.4) is 0 Å². The van der Waals surface area contributed by atoms with E-state index < -0.39 is 41.8 Å². The molecule has 9 heteroatoms. The van der Waals surface area contributed by atoms with Crippen LogP contribution in [0.1, 0.15) is 53.4 Å². The molecule has 0 heterocycles. The number of rotatable bonds is 12. The Balaban J connectivity index is 5.08. The summed E-state index contributed by atoms with van der Waals surface area (Å²) in [7, 11) is 0. The highest BCUT2D eigenvalue weighted by Gasteiger charge is 2.29. The van der Waals surface area contributed by atoms with Gasteiger partial charge < -0.3 is 27.2 Å². The number of primary amides is 1. The van der Waals surface area contributed by atoms with Crippen LogP contribution in [0.25, 0.3) is 0 Å². The third-order valence-electron chi connectivity index (χ3n) is 4.19. The highest BCUT2D eigenvalue weighted by atomic mass is 16.4. The maximum absolute atomic E-state index is 12.5. The number of carboxylic acids is 1. The summed E-state index contributed by atoms with van der Waals surface area (Å²) in [5.41, 5.74) is 10.9. The van der Waals surface area contributed by atoms with Gasteiger partial charge in [0, 0.05) is 6.42 Å². The third kappa shape index (κ3) is 8.80. The zero-order chi connectivity index (χ0) is 20.4. The fourth-order valence-electron chi connectivity index (χ4n) is 2.30. The molecule has 4 unspecified atom stereocenters. The van der Waals surface area contributed by atoms with Crippen molar-refractivity contribution in [1.29, 1.82) is 0 Å². The number of aliphatic carboxylic acids is 1. The van der Waals surface area contributed by atoms with E-state index in [0.29, 0.717) is 12.8 Å². The molecule has 3 amide bonds. The van der Waals surface area contributed by atoms with Crippen molar-refractivity contribution in [1.82, 2.24) is 10.6 Å². The van der Waals surface area contributed by atoms with Gasteiger partial charge in [-0.05, 0) is 24.7 Å². The largest absolute Gasteiger partial charge is 0.480 e. The first kappa shape index (κ1) is 23.8. The summed E-state index contributed by atoms with van der Waals surface area (Å²) in [6.45, 7) is 7.50. The van der Waals surface area contributed by atoms with Gasteiger partial charge in [0.25, 0.3) is 0 Å². The Bertz CT molecular complexity index is 509. The van der Waals surface area contributed by atoms with E-state index in [0.717, 1.165) is 0 Å². The van der Waals surface area contributed by atoms with Gasteiger partial charge in [0.2, 0.25) is 17.7 Å². The van der Waals surface area contributed by atoms with Gasteiger partial charge in [0.1, 0.15) is 12.1 Å². The molecular weight excluding hydrogens is 340 g/mol. The first-order valence-electron chi connectivity index (χ1n) is 8.86. The zero-order valence-corrected chi connectivity index (χ0v) is 16.0. The first-order chi connectivity index (χ1) is 12.0. The van der Waals surface area contributed by atoms with Gasteiger partial charge in [-0.3, -0.25) is 14.4 Å². The number of amides is 3. The van der Waals surface area contributed by atoms with Gasteiger partial charge in [-0.2, -0.15) is 0 Å². The maximum atomic E-state index is 12.5. The van der Waals surface area contributed by atoms with E-state index in [1.165, 1.54) is 0 Å². The first-order valence-corrected chi connectivity index (χ1v) is 8.86. The van der Waals surface area contributed by atoms with E-state index in [-0.39, 0.29) is 24.7 Å². The second-order valence-corrected chi connectivity index (χ2v) is 7.01. The summed E-state index contributed by atoms with van der Waals surface area (Å²) >= 11 is 0. The van der Waals surface area contributed by atoms with Crippen LogP contribution in [0.4, 0.5) is 0 Å². The quantitative estimate of drug-likeness (QED) is 0.316. The van der Waals surface area contributed by atoms with Crippen molar-refractivity contribution < 1.29 is 24.3 Å². The molecule has 0 aliphatic rings. The van der Waals surface area contributed by atoms with Crippen molar-refractivity contribution in [3.8, 4) is 0 Å². The minimum atomic E-state index is -1.27. The summed E-state index contributed by atoms with van der Waals surface area (Å²) in [4.78, 5) is 46.9. The van der Waals surface area contributed by atoms with Gasteiger partial charge in [0.05, 0.1) is 6.04 Å². The maximum Gasteiger partial charge on any atom is 0.326 e. The molecule has 0 radical (unpaired) electrons. The van der Waals surface area contributed by atoms with E-state index in [2.05, 4.69) is 10.6 Å². The van der Waals surface area contributed by atoms with Crippen molar-refractivity contribution in [2.24, 2.45) is 23.3 Å². The summed E-state index contributed by atoms with van der Waals surface area (Å²) in [5, 5.41) is 14.2. The fraction of sp³-hybridized carbons (Fsp3) is 0.765. The lowest BCUT2D eigenvalue weighted by Gasteiger charge is -2.25. The second kappa shape index (κ2) is 11.5. The molecule has 0 aromatic heterocycles. The van der Waals surface area contributed by atoms with Crippen LogP contribution in [0.15, 0.2) is 0 Å². The van der Waals surface area contributed by atoms with E-state index in [4.69, 9.17) is 11.5 Å². The van der Waals surface area contributed by atoms with E-state index in [9.17, 15) is 24.3 Å². The second-order valence-electron chi connectivity index (χ2n) is 7.01. The molecule has 0 aromatic rings. The van der Waals surface area contributed by atoms with Crippen LogP contribution in [0, 0.1) is 11.8 Å². The summed E-state index contributed by atoms with van der Waals surface area (Å²) in [5.74, 6) is -2.98. The van der Waals surface area contributed by atoms with Crippen molar-refractivity contribution in [2.45, 2.75) is 71.5 Å². The van der Waals surface area contributed by atoms with Crippen molar-refractivity contribution >= 4 is 23.7 Å². The molecule has 0 aliphatic carbocycles. The minimum absolute atomic E-state index is 0.0555. The van der Waals surface area contributed by atoms with Gasteiger partial charge in [-0.1, -0.05) is 34.1 Å². The molecule has 26 heavy (non-hydrogen) atoms. The van der Waals surface area contributed by atoms with Crippen LogP contribution in [0.5, 0.6) is 0 Å². The van der Waals surface area contributed by atoms with Gasteiger partial charge >= 0.3 is 5.97 Å². The number of hydrogen-bond acceptors (Lipinski definition) is 5. The number of hydrogen-bond donors (Lipinski definition) is 5. The van der Waals surface area contributed by atoms with E-state index in [1.54, 1.807) is 0 Å². The van der Waals surface area contributed by atoms with Crippen LogP contribution in [-0.4, -0.2) is 46.9 Å². The summed E-state index contributed by atoms with van der Waals surface area (Å²) < 4.78 is 0. The van der Waals surface area contributed by atoms with E-state index >= 15 is 0 Å². The van der Waals surface area contributed by atoms with Gasteiger partial charge in [-0.15, -0.1) is 0 Å². The molecule has 0 spiro atoms. The third-order valence-corrected chi connectivity index (χ3v) is 4.19. The van der Waals surface area contributed by atoms with E-state index in [1.807, 2.05) is 27.7 Å². The lowest BCUT2D eigenvalue weighted by molar-refractivity contribution is -0.142. The molecule has 9 nitrogen and oxygen atoms in total. The monoisotopic (exact) mass is 372 g/mol. The standard InChI is InChI=1S/C17H32N4O5/c1-5-10(4)14(19)16(24)21-12(8-9(2)3)15(23)20-11(17(25)26)6-7-13(18)22/h9-12,14H,5-8,19H2,1-4H3,(H2,18,22)(H,20,23)(H,21,24)(H,25,26). The van der Waals surface area contributed by atoms with Gasteiger partial charge in [-0.25, -0.2) is 4.79 Å². The Morgan fingerprint density at radius 3 is 1.96 bits per heavy atom.